The van der Waals surface area contributed by atoms with Crippen molar-refractivity contribution in [3.8, 4) is 0 Å². The van der Waals surface area contributed by atoms with Gasteiger partial charge in [0, 0.05) is 26.2 Å². The van der Waals surface area contributed by atoms with Crippen LogP contribution >= 0.6 is 0 Å². The zero-order valence-electron chi connectivity index (χ0n) is 14.3. The highest BCUT2D eigenvalue weighted by molar-refractivity contribution is 5.17. The normalized spacial score (nSPS) is 11.3. The van der Waals surface area contributed by atoms with Gasteiger partial charge in [0.1, 0.15) is 0 Å². The van der Waals surface area contributed by atoms with Crippen molar-refractivity contribution in [1.82, 2.24) is 9.80 Å². The lowest BCUT2D eigenvalue weighted by molar-refractivity contribution is 0.0880. The van der Waals surface area contributed by atoms with Crippen molar-refractivity contribution in [2.75, 3.05) is 40.4 Å². The number of benzene rings is 2. The molecule has 0 aliphatic rings. The predicted octanol–water partition coefficient (Wildman–Crippen LogP) is 3.27. The van der Waals surface area contributed by atoms with Gasteiger partial charge < -0.3 is 9.64 Å². The second-order valence-electron chi connectivity index (χ2n) is 6.10. The first-order valence-electron chi connectivity index (χ1n) is 8.27. The molecule has 0 saturated carbocycles. The minimum atomic E-state index is 0.771. The molecule has 2 aromatic carbocycles. The highest BCUT2D eigenvalue weighted by Gasteiger charge is 2.07. The zero-order valence-corrected chi connectivity index (χ0v) is 14.3. The van der Waals surface area contributed by atoms with Crippen LogP contribution < -0.4 is 0 Å². The molecule has 0 aliphatic carbocycles. The van der Waals surface area contributed by atoms with Crippen LogP contribution in [0.4, 0.5) is 0 Å². The van der Waals surface area contributed by atoms with Crippen LogP contribution in [-0.4, -0.2) is 50.2 Å². The molecule has 0 radical (unpaired) electrons. The van der Waals surface area contributed by atoms with Crippen LogP contribution in [0.2, 0.25) is 0 Å². The number of hydrogen-bond acceptors (Lipinski definition) is 3. The molecule has 0 heterocycles. The molecule has 0 N–H and O–H groups in total. The number of hydrogen-bond donors (Lipinski definition) is 0. The van der Waals surface area contributed by atoms with E-state index in [1.807, 2.05) is 0 Å². The molecule has 0 fully saturated rings. The summed E-state index contributed by atoms with van der Waals surface area (Å²) in [6.45, 7) is 5.37. The summed E-state index contributed by atoms with van der Waals surface area (Å²) in [5, 5.41) is 0. The maximum Gasteiger partial charge on any atom is 0.0594 e. The third kappa shape index (κ3) is 7.42. The molecule has 0 unspecified atom stereocenters. The Hall–Kier alpha value is -1.68. The lowest BCUT2D eigenvalue weighted by Crippen LogP contribution is -2.28. The van der Waals surface area contributed by atoms with Crippen molar-refractivity contribution in [2.45, 2.75) is 13.1 Å². The van der Waals surface area contributed by atoms with Gasteiger partial charge in [0.15, 0.2) is 0 Å². The number of rotatable bonds is 10. The van der Waals surface area contributed by atoms with Crippen LogP contribution in [0.1, 0.15) is 11.1 Å². The Morgan fingerprint density at radius 3 is 1.65 bits per heavy atom. The van der Waals surface area contributed by atoms with E-state index in [0.29, 0.717) is 0 Å². The van der Waals surface area contributed by atoms with Gasteiger partial charge in [0.25, 0.3) is 0 Å². The zero-order chi connectivity index (χ0) is 16.3. The molecule has 0 aliphatic heterocycles. The molecule has 0 atom stereocenters. The Labute approximate surface area is 140 Å². The molecular formula is C20H28N2O. The smallest absolute Gasteiger partial charge is 0.0594 e. The summed E-state index contributed by atoms with van der Waals surface area (Å²) < 4.78 is 5.77. The van der Waals surface area contributed by atoms with E-state index >= 15 is 0 Å². The van der Waals surface area contributed by atoms with E-state index in [9.17, 15) is 0 Å². The third-order valence-corrected chi connectivity index (χ3v) is 3.73. The Balaban J connectivity index is 1.86. The topological polar surface area (TPSA) is 15.7 Å². The van der Waals surface area contributed by atoms with E-state index in [1.165, 1.54) is 11.1 Å². The fourth-order valence-electron chi connectivity index (χ4n) is 2.44. The Morgan fingerprint density at radius 2 is 1.17 bits per heavy atom. The lowest BCUT2D eigenvalue weighted by Gasteiger charge is -2.23. The van der Waals surface area contributed by atoms with Crippen molar-refractivity contribution < 1.29 is 4.74 Å². The van der Waals surface area contributed by atoms with Gasteiger partial charge in [0.2, 0.25) is 0 Å². The summed E-state index contributed by atoms with van der Waals surface area (Å²) >= 11 is 0. The first kappa shape index (κ1) is 17.7. The predicted molar refractivity (Wildman–Crippen MR) is 96.4 cm³/mol. The Kier molecular flexibility index (Phi) is 7.81. The molecule has 3 nitrogen and oxygen atoms in total. The minimum Gasteiger partial charge on any atom is -0.379 e. The second kappa shape index (κ2) is 10.2. The summed E-state index contributed by atoms with van der Waals surface area (Å²) in [4.78, 5) is 4.59. The summed E-state index contributed by atoms with van der Waals surface area (Å²) in [5.41, 5.74) is 2.69. The van der Waals surface area contributed by atoms with Crippen molar-refractivity contribution >= 4 is 0 Å². The maximum atomic E-state index is 5.77. The van der Waals surface area contributed by atoms with E-state index in [1.54, 1.807) is 0 Å². The first-order valence-corrected chi connectivity index (χ1v) is 8.27. The molecule has 124 valence electrons. The molecule has 0 bridgehead atoms. The average molecular weight is 312 g/mol. The molecule has 0 amide bonds. The Morgan fingerprint density at radius 1 is 0.696 bits per heavy atom. The van der Waals surface area contributed by atoms with Crippen LogP contribution in [0.3, 0.4) is 0 Å². The van der Waals surface area contributed by atoms with Crippen molar-refractivity contribution in [3.05, 3.63) is 71.8 Å². The van der Waals surface area contributed by atoms with Gasteiger partial charge in [-0.25, -0.2) is 0 Å². The molecule has 0 saturated heterocycles. The fourth-order valence-corrected chi connectivity index (χ4v) is 2.44. The van der Waals surface area contributed by atoms with Crippen LogP contribution in [0.5, 0.6) is 0 Å². The van der Waals surface area contributed by atoms with Crippen LogP contribution in [0.15, 0.2) is 60.7 Å². The quantitative estimate of drug-likeness (QED) is 0.626. The summed E-state index contributed by atoms with van der Waals surface area (Å²) in [7, 11) is 4.14. The van der Waals surface area contributed by atoms with Crippen molar-refractivity contribution in [3.63, 3.8) is 0 Å². The molecule has 0 aromatic heterocycles. The van der Waals surface area contributed by atoms with Gasteiger partial charge in [-0.1, -0.05) is 60.7 Å². The third-order valence-electron chi connectivity index (χ3n) is 3.73. The molecular weight excluding hydrogens is 284 g/mol. The standard InChI is InChI=1S/C20H28N2O/c1-21(2)13-15-23-16-14-22(17-19-9-5-3-6-10-19)18-20-11-7-4-8-12-20/h3-12H,13-18H2,1-2H3. The first-order chi connectivity index (χ1) is 11.2. The van der Waals surface area contributed by atoms with Gasteiger partial charge in [0.05, 0.1) is 13.2 Å². The largest absolute Gasteiger partial charge is 0.379 e. The summed E-state index contributed by atoms with van der Waals surface area (Å²) in [6.07, 6.45) is 0. The van der Waals surface area contributed by atoms with E-state index in [2.05, 4.69) is 84.6 Å². The van der Waals surface area contributed by atoms with Crippen LogP contribution in [0, 0.1) is 0 Å². The highest BCUT2D eigenvalue weighted by atomic mass is 16.5. The van der Waals surface area contributed by atoms with Crippen molar-refractivity contribution in [1.29, 1.82) is 0 Å². The van der Waals surface area contributed by atoms with Gasteiger partial charge >= 0.3 is 0 Å². The number of nitrogens with zero attached hydrogens (tertiary/aromatic N) is 2. The van der Waals surface area contributed by atoms with E-state index in [0.717, 1.165) is 39.4 Å². The molecule has 3 heteroatoms. The monoisotopic (exact) mass is 312 g/mol. The van der Waals surface area contributed by atoms with E-state index in [-0.39, 0.29) is 0 Å². The average Bonchev–Trinajstić information content (AvgIpc) is 2.56. The van der Waals surface area contributed by atoms with E-state index < -0.39 is 0 Å². The molecule has 2 aromatic rings. The molecule has 0 spiro atoms. The summed E-state index contributed by atoms with van der Waals surface area (Å²) in [5.74, 6) is 0. The lowest BCUT2D eigenvalue weighted by atomic mass is 10.1. The van der Waals surface area contributed by atoms with Gasteiger partial charge in [-0.2, -0.15) is 0 Å². The second-order valence-corrected chi connectivity index (χ2v) is 6.10. The van der Waals surface area contributed by atoms with Gasteiger partial charge in [-0.15, -0.1) is 0 Å². The molecule has 2 rings (SSSR count). The van der Waals surface area contributed by atoms with Crippen LogP contribution in [-0.2, 0) is 17.8 Å². The number of likely N-dealkylation sites (N-methyl/N-ethyl adjacent to an activating group) is 1. The minimum absolute atomic E-state index is 0.771. The molecule has 23 heavy (non-hydrogen) atoms. The van der Waals surface area contributed by atoms with Gasteiger partial charge in [-0.05, 0) is 25.2 Å². The van der Waals surface area contributed by atoms with Gasteiger partial charge in [-0.3, -0.25) is 4.90 Å². The van der Waals surface area contributed by atoms with Crippen molar-refractivity contribution in [2.24, 2.45) is 0 Å². The SMILES string of the molecule is CN(C)CCOCCN(Cc1ccccc1)Cc1ccccc1. The summed E-state index contributed by atoms with van der Waals surface area (Å²) in [6, 6.07) is 21.3. The number of ether oxygens (including phenoxy) is 1. The Bertz CT molecular complexity index is 486. The van der Waals surface area contributed by atoms with Crippen LogP contribution in [0.25, 0.3) is 0 Å². The highest BCUT2D eigenvalue weighted by Crippen LogP contribution is 2.09. The van der Waals surface area contributed by atoms with E-state index in [4.69, 9.17) is 4.74 Å². The fraction of sp³-hybridized carbons (Fsp3) is 0.400. The maximum absolute atomic E-state index is 5.77.